The molecule has 0 unspecified atom stereocenters. The van der Waals surface area contributed by atoms with Crippen LogP contribution in [0.5, 0.6) is 0 Å². The van der Waals surface area contributed by atoms with Crippen LogP contribution in [0.15, 0.2) is 12.2 Å². The zero-order chi connectivity index (χ0) is 8.91. The molecule has 0 aliphatic rings. The Morgan fingerprint density at radius 1 is 1.45 bits per heavy atom. The van der Waals surface area contributed by atoms with Crippen LogP contribution in [0.1, 0.15) is 27.2 Å². The molecule has 0 saturated heterocycles. The number of rotatable bonds is 2. The molecule has 0 aliphatic carbocycles. The molecule has 0 aromatic carbocycles. The number of hydrogen-bond donors (Lipinski definition) is 0. The van der Waals surface area contributed by atoms with E-state index in [9.17, 15) is 4.79 Å². The average Bonchev–Trinajstić information content (AvgIpc) is 1.85. The van der Waals surface area contributed by atoms with Crippen LogP contribution in [0.4, 0.5) is 0 Å². The summed E-state index contributed by atoms with van der Waals surface area (Å²) in [6, 6.07) is 0. The van der Waals surface area contributed by atoms with E-state index in [-0.39, 0.29) is 11.4 Å². The van der Waals surface area contributed by atoms with Crippen molar-refractivity contribution in [1.82, 2.24) is 0 Å². The molecule has 0 saturated carbocycles. The fraction of sp³-hybridized carbons (Fsp3) is 0.667. The van der Waals surface area contributed by atoms with Gasteiger partial charge in [-0.1, -0.05) is 26.8 Å². The fourth-order valence-corrected chi connectivity index (χ4v) is 0.577. The molecule has 0 heterocycles. The van der Waals surface area contributed by atoms with Crippen molar-refractivity contribution in [1.29, 1.82) is 0 Å². The molecule has 0 fully saturated rings. The molecule has 2 nitrogen and oxygen atoms in total. The van der Waals surface area contributed by atoms with Crippen LogP contribution in [-0.2, 0) is 9.53 Å². The number of methoxy groups -OCH3 is 1. The van der Waals surface area contributed by atoms with Gasteiger partial charge in [0.1, 0.15) is 0 Å². The van der Waals surface area contributed by atoms with Gasteiger partial charge in [-0.15, -0.1) is 0 Å². The lowest BCUT2D eigenvalue weighted by atomic mass is 9.92. The summed E-state index contributed by atoms with van der Waals surface area (Å²) in [6.07, 6.45) is 4.19. The van der Waals surface area contributed by atoms with Gasteiger partial charge in [-0.05, 0) is 11.8 Å². The summed E-state index contributed by atoms with van der Waals surface area (Å²) in [6.45, 7) is 6.36. The normalized spacial score (nSPS) is 12.0. The molecule has 0 atom stereocenters. The molecule has 0 bridgehead atoms. The van der Waals surface area contributed by atoms with Gasteiger partial charge in [-0.25, -0.2) is 4.79 Å². The number of ether oxygens (including phenoxy) is 1. The minimum absolute atomic E-state index is 0.241. The van der Waals surface area contributed by atoms with Gasteiger partial charge >= 0.3 is 5.97 Å². The molecule has 0 amide bonds. The van der Waals surface area contributed by atoms with Gasteiger partial charge in [-0.2, -0.15) is 0 Å². The summed E-state index contributed by atoms with van der Waals surface area (Å²) in [5.74, 6) is -0.283. The Hall–Kier alpha value is -0.790. The second-order valence-electron chi connectivity index (χ2n) is 3.69. The minimum atomic E-state index is -0.283. The largest absolute Gasteiger partial charge is 0.466 e. The van der Waals surface area contributed by atoms with Crippen LogP contribution in [0, 0.1) is 5.41 Å². The Balaban J connectivity index is 3.70. The number of hydrogen-bond acceptors (Lipinski definition) is 2. The van der Waals surface area contributed by atoms with Crippen LogP contribution in [0.3, 0.4) is 0 Å². The van der Waals surface area contributed by atoms with Gasteiger partial charge in [0.05, 0.1) is 7.11 Å². The van der Waals surface area contributed by atoms with E-state index in [0.29, 0.717) is 0 Å². The van der Waals surface area contributed by atoms with Gasteiger partial charge < -0.3 is 4.74 Å². The van der Waals surface area contributed by atoms with Crippen molar-refractivity contribution in [3.63, 3.8) is 0 Å². The third kappa shape index (κ3) is 7.10. The van der Waals surface area contributed by atoms with E-state index in [1.54, 1.807) is 0 Å². The summed E-state index contributed by atoms with van der Waals surface area (Å²) in [7, 11) is 1.38. The molecule has 0 radical (unpaired) electrons. The van der Waals surface area contributed by atoms with Crippen molar-refractivity contribution in [3.05, 3.63) is 12.2 Å². The van der Waals surface area contributed by atoms with Crippen molar-refractivity contribution in [3.8, 4) is 0 Å². The van der Waals surface area contributed by atoms with E-state index in [2.05, 4.69) is 25.5 Å². The lowest BCUT2D eigenvalue weighted by molar-refractivity contribution is -0.134. The molecule has 64 valence electrons. The molecule has 0 spiro atoms. The SMILES string of the molecule is COC(=O)C=CCC(C)(C)C. The predicted molar refractivity (Wildman–Crippen MR) is 45.2 cm³/mol. The smallest absolute Gasteiger partial charge is 0.330 e. The number of carbonyl (C=O) groups is 1. The second kappa shape index (κ2) is 4.16. The van der Waals surface area contributed by atoms with E-state index in [0.717, 1.165) is 6.42 Å². The van der Waals surface area contributed by atoms with Crippen molar-refractivity contribution in [2.45, 2.75) is 27.2 Å². The molecular formula is C9H16O2. The Morgan fingerprint density at radius 3 is 2.36 bits per heavy atom. The van der Waals surface area contributed by atoms with Gasteiger partial charge in [-0.3, -0.25) is 0 Å². The van der Waals surface area contributed by atoms with Crippen molar-refractivity contribution in [2.75, 3.05) is 7.11 Å². The Bertz CT molecular complexity index is 151. The maximum absolute atomic E-state index is 10.6. The third-order valence-corrected chi connectivity index (χ3v) is 1.19. The van der Waals surface area contributed by atoms with Gasteiger partial charge in [0.15, 0.2) is 0 Å². The van der Waals surface area contributed by atoms with E-state index < -0.39 is 0 Å². The quantitative estimate of drug-likeness (QED) is 0.452. The maximum atomic E-state index is 10.6. The van der Waals surface area contributed by atoms with Gasteiger partial charge in [0.2, 0.25) is 0 Å². The second-order valence-corrected chi connectivity index (χ2v) is 3.69. The minimum Gasteiger partial charge on any atom is -0.466 e. The standard InChI is InChI=1S/C9H16O2/c1-9(2,3)7-5-6-8(10)11-4/h5-6H,7H2,1-4H3. The lowest BCUT2D eigenvalue weighted by Gasteiger charge is -2.13. The summed E-state index contributed by atoms with van der Waals surface area (Å²) in [5, 5.41) is 0. The molecular weight excluding hydrogens is 140 g/mol. The molecule has 2 heteroatoms. The first kappa shape index (κ1) is 10.2. The molecule has 0 aliphatic heterocycles. The van der Waals surface area contributed by atoms with Crippen LogP contribution in [0.2, 0.25) is 0 Å². The zero-order valence-corrected chi connectivity index (χ0v) is 7.68. The highest BCUT2D eigenvalue weighted by Crippen LogP contribution is 2.18. The van der Waals surface area contributed by atoms with E-state index in [1.807, 2.05) is 6.08 Å². The van der Waals surface area contributed by atoms with Crippen LogP contribution in [-0.4, -0.2) is 13.1 Å². The average molecular weight is 156 g/mol. The van der Waals surface area contributed by atoms with E-state index >= 15 is 0 Å². The molecule has 0 rings (SSSR count). The maximum Gasteiger partial charge on any atom is 0.330 e. The first-order valence-corrected chi connectivity index (χ1v) is 3.70. The monoisotopic (exact) mass is 156 g/mol. The fourth-order valence-electron chi connectivity index (χ4n) is 0.577. The number of esters is 1. The summed E-state index contributed by atoms with van der Waals surface area (Å²) < 4.78 is 4.44. The molecule has 0 aromatic heterocycles. The Morgan fingerprint density at radius 2 is 2.00 bits per heavy atom. The van der Waals surface area contributed by atoms with Crippen LogP contribution >= 0.6 is 0 Å². The summed E-state index contributed by atoms with van der Waals surface area (Å²) >= 11 is 0. The van der Waals surface area contributed by atoms with Crippen LogP contribution < -0.4 is 0 Å². The highest BCUT2D eigenvalue weighted by atomic mass is 16.5. The first-order valence-electron chi connectivity index (χ1n) is 3.70. The highest BCUT2D eigenvalue weighted by molar-refractivity contribution is 5.81. The summed E-state index contributed by atoms with van der Waals surface area (Å²) in [4.78, 5) is 10.6. The van der Waals surface area contributed by atoms with Gasteiger partial charge in [0.25, 0.3) is 0 Å². The Kier molecular flexibility index (Phi) is 3.86. The highest BCUT2D eigenvalue weighted by Gasteiger charge is 2.06. The topological polar surface area (TPSA) is 26.3 Å². The number of allylic oxidation sites excluding steroid dienone is 1. The van der Waals surface area contributed by atoms with Crippen LogP contribution in [0.25, 0.3) is 0 Å². The molecule has 0 aromatic rings. The lowest BCUT2D eigenvalue weighted by Crippen LogP contribution is -2.03. The third-order valence-electron chi connectivity index (χ3n) is 1.19. The van der Waals surface area contributed by atoms with Crippen molar-refractivity contribution in [2.24, 2.45) is 5.41 Å². The first-order chi connectivity index (χ1) is 4.95. The van der Waals surface area contributed by atoms with Crippen molar-refractivity contribution < 1.29 is 9.53 Å². The summed E-state index contributed by atoms with van der Waals surface area (Å²) in [5.41, 5.74) is 0.241. The molecule has 0 N–H and O–H groups in total. The Labute approximate surface area is 68.2 Å². The van der Waals surface area contributed by atoms with E-state index in [1.165, 1.54) is 13.2 Å². The zero-order valence-electron chi connectivity index (χ0n) is 7.68. The predicted octanol–water partition coefficient (Wildman–Crippen LogP) is 2.15. The van der Waals surface area contributed by atoms with Gasteiger partial charge in [0, 0.05) is 6.08 Å². The molecule has 11 heavy (non-hydrogen) atoms. The van der Waals surface area contributed by atoms with E-state index in [4.69, 9.17) is 0 Å². The van der Waals surface area contributed by atoms with Crippen molar-refractivity contribution >= 4 is 5.97 Å². The number of carbonyl (C=O) groups excluding carboxylic acids is 1.